The van der Waals surface area contributed by atoms with Crippen molar-refractivity contribution in [2.24, 2.45) is 5.41 Å². The summed E-state index contributed by atoms with van der Waals surface area (Å²) in [5, 5.41) is 2.73. The number of likely N-dealkylation sites (tertiary alicyclic amines) is 1. The van der Waals surface area contributed by atoms with Crippen LogP contribution in [-0.4, -0.2) is 29.8 Å². The summed E-state index contributed by atoms with van der Waals surface area (Å²) in [6.07, 6.45) is -8.08. The summed E-state index contributed by atoms with van der Waals surface area (Å²) in [5.41, 5.74) is -2.11. The molecule has 0 saturated carbocycles. The van der Waals surface area contributed by atoms with Crippen molar-refractivity contribution in [3.63, 3.8) is 0 Å². The molecule has 0 atom stereocenters. The number of amides is 2. The Labute approximate surface area is 191 Å². The number of benzene rings is 2. The molecule has 2 aliphatic rings. The fraction of sp³-hybridized carbons (Fsp3) is 0.333. The molecule has 180 valence electrons. The van der Waals surface area contributed by atoms with Crippen molar-refractivity contribution < 1.29 is 35.9 Å². The van der Waals surface area contributed by atoms with Crippen molar-refractivity contribution in [3.8, 4) is 0 Å². The molecule has 10 heteroatoms. The lowest BCUT2D eigenvalue weighted by atomic mass is 9.70. The maximum absolute atomic E-state index is 13.2. The molecule has 1 saturated heterocycles. The number of rotatable bonds is 2. The molecule has 2 aliphatic heterocycles. The number of alkyl halides is 6. The smallest absolute Gasteiger partial charge is 0.339 e. The molecule has 2 aromatic rings. The van der Waals surface area contributed by atoms with Crippen molar-refractivity contribution in [2.45, 2.75) is 32.1 Å². The number of carbonyl (C=O) groups excluding carboxylic acids is 2. The molecule has 1 fully saturated rings. The Hall–Kier alpha value is -3.30. The Morgan fingerprint density at radius 3 is 2.03 bits per heavy atom. The van der Waals surface area contributed by atoms with Crippen molar-refractivity contribution in [1.29, 1.82) is 0 Å². The molecule has 1 spiro atoms. The van der Waals surface area contributed by atoms with Crippen LogP contribution >= 0.6 is 0 Å². The van der Waals surface area contributed by atoms with Gasteiger partial charge in [0.1, 0.15) is 0 Å². The standard InChI is InChI=1S/C24H20F6N2O2/c1-14-4-2-3-5-18(14)19-13-31-21(34)22(19)6-8-32(9-7-22)20(33)15-10-16(23(25,26)27)12-17(11-15)24(28,29)30/h2-5,10-13H,6-9H2,1H3,(H,31,34). The topological polar surface area (TPSA) is 49.4 Å². The molecule has 0 unspecified atom stereocenters. The highest BCUT2D eigenvalue weighted by molar-refractivity contribution is 6.02. The minimum atomic E-state index is -5.04. The van der Waals surface area contributed by atoms with E-state index in [1.807, 2.05) is 31.2 Å². The van der Waals surface area contributed by atoms with Crippen LogP contribution in [0.2, 0.25) is 0 Å². The van der Waals surface area contributed by atoms with Gasteiger partial charge in [-0.05, 0) is 54.7 Å². The fourth-order valence-electron chi connectivity index (χ4n) is 4.60. The van der Waals surface area contributed by atoms with Gasteiger partial charge in [0.25, 0.3) is 5.91 Å². The zero-order chi connectivity index (χ0) is 24.9. The van der Waals surface area contributed by atoms with E-state index in [1.165, 1.54) is 4.90 Å². The van der Waals surface area contributed by atoms with Crippen LogP contribution in [0, 0.1) is 12.3 Å². The van der Waals surface area contributed by atoms with Crippen LogP contribution < -0.4 is 5.32 Å². The van der Waals surface area contributed by atoms with Gasteiger partial charge in [-0.3, -0.25) is 9.59 Å². The zero-order valence-corrected chi connectivity index (χ0v) is 18.0. The van der Waals surface area contributed by atoms with Gasteiger partial charge in [-0.2, -0.15) is 26.3 Å². The van der Waals surface area contributed by atoms with Gasteiger partial charge in [-0.1, -0.05) is 24.3 Å². The fourth-order valence-corrected chi connectivity index (χ4v) is 4.60. The van der Waals surface area contributed by atoms with E-state index >= 15 is 0 Å². The predicted octanol–water partition coefficient (Wildman–Crippen LogP) is 5.43. The molecule has 0 bridgehead atoms. The first-order valence-corrected chi connectivity index (χ1v) is 10.5. The Morgan fingerprint density at radius 1 is 0.941 bits per heavy atom. The van der Waals surface area contributed by atoms with E-state index < -0.39 is 40.4 Å². The largest absolute Gasteiger partial charge is 0.416 e. The lowest BCUT2D eigenvalue weighted by molar-refractivity contribution is -0.143. The molecule has 4 rings (SSSR count). The summed E-state index contributed by atoms with van der Waals surface area (Å²) >= 11 is 0. The summed E-state index contributed by atoms with van der Waals surface area (Å²) in [4.78, 5) is 26.9. The monoisotopic (exact) mass is 482 g/mol. The normalized spacial score (nSPS) is 18.1. The summed E-state index contributed by atoms with van der Waals surface area (Å²) in [7, 11) is 0. The van der Waals surface area contributed by atoms with Gasteiger partial charge in [0.2, 0.25) is 5.91 Å². The van der Waals surface area contributed by atoms with Crippen LogP contribution in [0.4, 0.5) is 26.3 Å². The van der Waals surface area contributed by atoms with Gasteiger partial charge in [-0.25, -0.2) is 0 Å². The van der Waals surface area contributed by atoms with Gasteiger partial charge in [0.05, 0.1) is 16.5 Å². The molecule has 0 aliphatic carbocycles. The number of halogens is 6. The van der Waals surface area contributed by atoms with E-state index in [9.17, 15) is 35.9 Å². The molecule has 0 aromatic heterocycles. The second kappa shape index (κ2) is 8.18. The van der Waals surface area contributed by atoms with Gasteiger partial charge in [0.15, 0.2) is 0 Å². The van der Waals surface area contributed by atoms with Crippen LogP contribution in [0.3, 0.4) is 0 Å². The highest BCUT2D eigenvalue weighted by atomic mass is 19.4. The second-order valence-corrected chi connectivity index (χ2v) is 8.52. The zero-order valence-electron chi connectivity index (χ0n) is 18.0. The summed E-state index contributed by atoms with van der Waals surface area (Å²) < 4.78 is 79.1. The molecule has 1 N–H and O–H groups in total. The number of nitrogens with zero attached hydrogens (tertiary/aromatic N) is 1. The Bertz CT molecular complexity index is 1140. The highest BCUT2D eigenvalue weighted by Gasteiger charge is 2.49. The highest BCUT2D eigenvalue weighted by Crippen LogP contribution is 2.47. The minimum Gasteiger partial charge on any atom is -0.339 e. The Balaban J connectivity index is 1.60. The number of carbonyl (C=O) groups is 2. The first-order chi connectivity index (χ1) is 15.8. The molecule has 34 heavy (non-hydrogen) atoms. The van der Waals surface area contributed by atoms with E-state index in [2.05, 4.69) is 5.32 Å². The molecular formula is C24H20F6N2O2. The lowest BCUT2D eigenvalue weighted by Crippen LogP contribution is -2.47. The first-order valence-electron chi connectivity index (χ1n) is 10.5. The van der Waals surface area contributed by atoms with E-state index in [4.69, 9.17) is 0 Å². The predicted molar refractivity (Wildman–Crippen MR) is 111 cm³/mol. The first kappa shape index (κ1) is 23.8. The Morgan fingerprint density at radius 2 is 1.50 bits per heavy atom. The minimum absolute atomic E-state index is 0.00702. The van der Waals surface area contributed by atoms with E-state index in [-0.39, 0.29) is 37.9 Å². The summed E-state index contributed by atoms with van der Waals surface area (Å²) in [5.74, 6) is -1.18. The maximum atomic E-state index is 13.2. The summed E-state index contributed by atoms with van der Waals surface area (Å²) in [6.45, 7) is 1.91. The molecule has 2 aromatic carbocycles. The van der Waals surface area contributed by atoms with Gasteiger partial charge in [0, 0.05) is 24.9 Å². The van der Waals surface area contributed by atoms with Gasteiger partial charge < -0.3 is 10.2 Å². The van der Waals surface area contributed by atoms with Crippen LogP contribution in [0.5, 0.6) is 0 Å². The summed E-state index contributed by atoms with van der Waals surface area (Å²) in [6, 6.07) is 8.33. The van der Waals surface area contributed by atoms with Gasteiger partial charge >= 0.3 is 12.4 Å². The molecule has 0 radical (unpaired) electrons. The lowest BCUT2D eigenvalue weighted by Gasteiger charge is -2.39. The molecule has 4 nitrogen and oxygen atoms in total. The third-order valence-corrected chi connectivity index (χ3v) is 6.47. The number of piperidine rings is 1. The number of hydrogen-bond donors (Lipinski definition) is 1. The molecular weight excluding hydrogens is 462 g/mol. The Kier molecular flexibility index (Phi) is 5.73. The van der Waals surface area contributed by atoms with Crippen molar-refractivity contribution in [2.75, 3.05) is 13.1 Å². The van der Waals surface area contributed by atoms with Crippen molar-refractivity contribution >= 4 is 17.4 Å². The average Bonchev–Trinajstić information content (AvgIpc) is 3.08. The van der Waals surface area contributed by atoms with Crippen LogP contribution in [-0.2, 0) is 17.1 Å². The van der Waals surface area contributed by atoms with Crippen molar-refractivity contribution in [1.82, 2.24) is 10.2 Å². The van der Waals surface area contributed by atoms with E-state index in [0.29, 0.717) is 12.1 Å². The van der Waals surface area contributed by atoms with Crippen LogP contribution in [0.1, 0.15) is 45.5 Å². The quantitative estimate of drug-likeness (QED) is 0.581. The van der Waals surface area contributed by atoms with Crippen LogP contribution in [0.25, 0.3) is 5.57 Å². The third kappa shape index (κ3) is 4.17. The van der Waals surface area contributed by atoms with Gasteiger partial charge in [-0.15, -0.1) is 0 Å². The maximum Gasteiger partial charge on any atom is 0.416 e. The molecule has 2 heterocycles. The van der Waals surface area contributed by atoms with E-state index in [0.717, 1.165) is 16.7 Å². The number of hydrogen-bond acceptors (Lipinski definition) is 2. The van der Waals surface area contributed by atoms with Crippen LogP contribution in [0.15, 0.2) is 48.7 Å². The SMILES string of the molecule is Cc1ccccc1C1=CNC(=O)C12CCN(C(=O)c1cc(C(F)(F)F)cc(C(F)(F)F)c1)CC2. The number of aryl methyl sites for hydroxylation is 1. The number of nitrogens with one attached hydrogen (secondary N) is 1. The van der Waals surface area contributed by atoms with Crippen molar-refractivity contribution in [3.05, 3.63) is 76.5 Å². The molecule has 2 amide bonds. The van der Waals surface area contributed by atoms with E-state index in [1.54, 1.807) is 6.20 Å². The third-order valence-electron chi connectivity index (χ3n) is 6.47. The second-order valence-electron chi connectivity index (χ2n) is 8.52. The average molecular weight is 482 g/mol.